The molecule has 0 spiro atoms. The van der Waals surface area contributed by atoms with Crippen molar-refractivity contribution in [3.8, 4) is 0 Å². The van der Waals surface area contributed by atoms with Crippen LogP contribution in [-0.4, -0.2) is 12.6 Å². The average molecular weight is 274 g/mol. The molecule has 0 aliphatic carbocycles. The lowest BCUT2D eigenvalue weighted by Gasteiger charge is -2.05. The Labute approximate surface area is 124 Å². The molecule has 0 aromatic heterocycles. The van der Waals surface area contributed by atoms with Crippen molar-refractivity contribution in [1.82, 2.24) is 0 Å². The Morgan fingerprint density at radius 1 is 1.05 bits per heavy atom. The van der Waals surface area contributed by atoms with Gasteiger partial charge < -0.3 is 11.5 Å². The topological polar surface area (TPSA) is 52.0 Å². The van der Waals surface area contributed by atoms with Crippen LogP contribution in [0, 0.1) is 5.92 Å². The van der Waals surface area contributed by atoms with Crippen molar-refractivity contribution in [3.05, 3.63) is 47.5 Å². The first-order valence-electron chi connectivity index (χ1n) is 7.35. The van der Waals surface area contributed by atoms with Crippen LogP contribution < -0.4 is 11.5 Å². The van der Waals surface area contributed by atoms with Gasteiger partial charge >= 0.3 is 0 Å². The molecular weight excluding hydrogens is 244 g/mol. The molecule has 2 nitrogen and oxygen atoms in total. The average Bonchev–Trinajstić information content (AvgIpc) is 2.37. The van der Waals surface area contributed by atoms with E-state index < -0.39 is 0 Å². The van der Waals surface area contributed by atoms with E-state index in [0.717, 1.165) is 12.3 Å². The van der Waals surface area contributed by atoms with E-state index in [-0.39, 0.29) is 0 Å². The summed E-state index contributed by atoms with van der Waals surface area (Å²) in [5, 5.41) is 0. The van der Waals surface area contributed by atoms with E-state index >= 15 is 0 Å². The second-order valence-corrected chi connectivity index (χ2v) is 5.37. The fourth-order valence-electron chi connectivity index (χ4n) is 1.93. The zero-order valence-corrected chi connectivity index (χ0v) is 13.3. The summed E-state index contributed by atoms with van der Waals surface area (Å²) in [6.07, 6.45) is 9.28. The largest absolute Gasteiger partial charge is 0.328 e. The van der Waals surface area contributed by atoms with Crippen molar-refractivity contribution in [2.45, 2.75) is 40.2 Å². The Kier molecular flexibility index (Phi) is 10.7. The molecule has 1 aromatic rings. The maximum absolute atomic E-state index is 5.49. The Hall–Kier alpha value is -1.38. The molecule has 20 heavy (non-hydrogen) atoms. The highest BCUT2D eigenvalue weighted by atomic mass is 14.6. The summed E-state index contributed by atoms with van der Waals surface area (Å²) in [5.74, 6) is 0.750. The second-order valence-electron chi connectivity index (χ2n) is 5.37. The molecule has 0 aliphatic rings. The molecule has 0 aliphatic heterocycles. The van der Waals surface area contributed by atoms with Gasteiger partial charge in [-0.25, -0.2) is 0 Å². The van der Waals surface area contributed by atoms with E-state index in [1.165, 1.54) is 11.1 Å². The van der Waals surface area contributed by atoms with Crippen molar-refractivity contribution in [3.63, 3.8) is 0 Å². The predicted octanol–water partition coefficient (Wildman–Crippen LogP) is 4.07. The van der Waals surface area contributed by atoms with Gasteiger partial charge in [-0.15, -0.1) is 0 Å². The van der Waals surface area contributed by atoms with E-state index in [2.05, 4.69) is 38.1 Å². The van der Waals surface area contributed by atoms with Gasteiger partial charge in [0.15, 0.2) is 0 Å². The van der Waals surface area contributed by atoms with Gasteiger partial charge in [0.05, 0.1) is 0 Å². The molecule has 1 rings (SSSR count). The minimum Gasteiger partial charge on any atom is -0.328 e. The molecule has 1 aromatic carbocycles. The van der Waals surface area contributed by atoms with Crippen molar-refractivity contribution in [2.75, 3.05) is 6.54 Å². The Morgan fingerprint density at radius 3 is 1.95 bits per heavy atom. The van der Waals surface area contributed by atoms with Crippen LogP contribution in [0.3, 0.4) is 0 Å². The molecule has 1 atom stereocenters. The van der Waals surface area contributed by atoms with E-state index in [1.54, 1.807) is 0 Å². The number of nitrogens with two attached hydrogens (primary N) is 2. The number of benzene rings is 1. The number of rotatable bonds is 5. The van der Waals surface area contributed by atoms with Crippen LogP contribution in [0.15, 0.2) is 36.4 Å². The zero-order chi connectivity index (χ0) is 15.4. The van der Waals surface area contributed by atoms with Gasteiger partial charge in [-0.3, -0.25) is 0 Å². The van der Waals surface area contributed by atoms with Gasteiger partial charge in [-0.2, -0.15) is 0 Å². The van der Waals surface area contributed by atoms with Crippen molar-refractivity contribution in [2.24, 2.45) is 17.4 Å². The first-order chi connectivity index (χ1) is 9.51. The summed E-state index contributed by atoms with van der Waals surface area (Å²) in [7, 11) is 0. The highest BCUT2D eigenvalue weighted by Crippen LogP contribution is 2.12. The van der Waals surface area contributed by atoms with E-state index in [9.17, 15) is 0 Å². The van der Waals surface area contributed by atoms with Gasteiger partial charge in [0.1, 0.15) is 0 Å². The summed E-state index contributed by atoms with van der Waals surface area (Å²) >= 11 is 0. The van der Waals surface area contributed by atoms with Crippen molar-refractivity contribution in [1.29, 1.82) is 0 Å². The molecular formula is C18H30N2. The van der Waals surface area contributed by atoms with Crippen LogP contribution in [0.25, 0.3) is 12.2 Å². The van der Waals surface area contributed by atoms with E-state index in [0.29, 0.717) is 12.6 Å². The smallest absolute Gasteiger partial charge is 0.0110 e. The quantitative estimate of drug-likeness (QED) is 0.850. The molecule has 0 radical (unpaired) electrons. The molecule has 112 valence electrons. The Bertz CT molecular complexity index is 398. The molecule has 1 unspecified atom stereocenters. The van der Waals surface area contributed by atoms with Gasteiger partial charge in [0.25, 0.3) is 0 Å². The number of allylic oxidation sites excluding steroid dienone is 1. The lowest BCUT2D eigenvalue weighted by atomic mass is 10.1. The van der Waals surface area contributed by atoms with Gasteiger partial charge in [-0.05, 0) is 37.3 Å². The van der Waals surface area contributed by atoms with Crippen LogP contribution in [0.4, 0.5) is 0 Å². The summed E-state index contributed by atoms with van der Waals surface area (Å²) in [5.41, 5.74) is 13.3. The lowest BCUT2D eigenvalue weighted by Crippen LogP contribution is -2.16. The summed E-state index contributed by atoms with van der Waals surface area (Å²) in [4.78, 5) is 0. The minimum atomic E-state index is 0.375. The van der Waals surface area contributed by atoms with Crippen LogP contribution in [0.1, 0.15) is 45.2 Å². The van der Waals surface area contributed by atoms with Gasteiger partial charge in [-0.1, -0.05) is 62.4 Å². The first kappa shape index (κ1) is 18.6. The molecule has 0 fully saturated rings. The summed E-state index contributed by atoms with van der Waals surface area (Å²) < 4.78 is 0. The van der Waals surface area contributed by atoms with Crippen LogP contribution in [-0.2, 0) is 0 Å². The monoisotopic (exact) mass is 274 g/mol. The number of hydrogen-bond acceptors (Lipinski definition) is 2. The molecule has 2 heteroatoms. The normalized spacial score (nSPS) is 12.8. The molecule has 0 saturated heterocycles. The first-order valence-corrected chi connectivity index (χ1v) is 7.35. The highest BCUT2D eigenvalue weighted by molar-refractivity contribution is 5.64. The number of hydrogen-bond donors (Lipinski definition) is 2. The molecule has 0 bridgehead atoms. The third kappa shape index (κ3) is 9.54. The SMILES string of the molecule is C/C=C\c1ccccc1/C=C\CN.CC(C)CC(C)N. The predicted molar refractivity (Wildman–Crippen MR) is 92.3 cm³/mol. The third-order valence-electron chi connectivity index (χ3n) is 2.62. The fourth-order valence-corrected chi connectivity index (χ4v) is 1.93. The van der Waals surface area contributed by atoms with Gasteiger partial charge in [0, 0.05) is 12.6 Å². The highest BCUT2D eigenvalue weighted by Gasteiger charge is 1.96. The maximum Gasteiger partial charge on any atom is 0.0110 e. The fraction of sp³-hybridized carbons (Fsp3) is 0.444. The van der Waals surface area contributed by atoms with E-state index in [1.807, 2.05) is 38.1 Å². The third-order valence-corrected chi connectivity index (χ3v) is 2.62. The second kappa shape index (κ2) is 11.4. The molecule has 0 heterocycles. The van der Waals surface area contributed by atoms with Crippen molar-refractivity contribution < 1.29 is 0 Å². The molecule has 0 amide bonds. The van der Waals surface area contributed by atoms with Crippen molar-refractivity contribution >= 4 is 12.2 Å². The van der Waals surface area contributed by atoms with Gasteiger partial charge in [0.2, 0.25) is 0 Å². The van der Waals surface area contributed by atoms with Crippen LogP contribution >= 0.6 is 0 Å². The molecule has 4 N–H and O–H groups in total. The van der Waals surface area contributed by atoms with Crippen LogP contribution in [0.2, 0.25) is 0 Å². The summed E-state index contributed by atoms with van der Waals surface area (Å²) in [6.45, 7) is 9.01. The lowest BCUT2D eigenvalue weighted by molar-refractivity contribution is 0.520. The van der Waals surface area contributed by atoms with Crippen LogP contribution in [0.5, 0.6) is 0 Å². The Balaban J connectivity index is 0.000000441. The zero-order valence-electron chi connectivity index (χ0n) is 13.3. The molecule has 0 saturated carbocycles. The minimum absolute atomic E-state index is 0.375. The maximum atomic E-state index is 5.49. The summed E-state index contributed by atoms with van der Waals surface area (Å²) in [6, 6.07) is 8.62. The Morgan fingerprint density at radius 2 is 1.60 bits per heavy atom. The standard InChI is InChI=1S/C12H15N.C6H15N/c1-2-6-11-7-3-4-8-12(11)9-5-10-13;1-5(2)4-6(3)7/h2-9H,10,13H2,1H3;5-6H,4,7H2,1-3H3/b6-2-,9-5-;. The van der Waals surface area contributed by atoms with E-state index in [4.69, 9.17) is 11.5 Å².